The highest BCUT2D eigenvalue weighted by atomic mass is 16.6. The zero-order chi connectivity index (χ0) is 9.40. The fourth-order valence-corrected chi connectivity index (χ4v) is 0.766. The van der Waals surface area contributed by atoms with Crippen molar-refractivity contribution >= 4 is 21.5 Å². The smallest absolute Gasteiger partial charge is 0.510 e. The van der Waals surface area contributed by atoms with Gasteiger partial charge in [-0.15, -0.1) is 0 Å². The molecule has 0 amide bonds. The van der Waals surface area contributed by atoms with Crippen molar-refractivity contribution in [1.29, 1.82) is 0 Å². The van der Waals surface area contributed by atoms with Crippen LogP contribution in [0.5, 0.6) is 0 Å². The van der Waals surface area contributed by atoms with Crippen LogP contribution in [0.1, 0.15) is 19.3 Å². The van der Waals surface area contributed by atoms with Crippen molar-refractivity contribution in [2.45, 2.75) is 31.6 Å². The van der Waals surface area contributed by atoms with Gasteiger partial charge in [0.05, 0.1) is 7.85 Å². The van der Waals surface area contributed by atoms with Crippen molar-refractivity contribution in [3.63, 3.8) is 0 Å². The van der Waals surface area contributed by atoms with E-state index in [4.69, 9.17) is 18.6 Å². The Bertz CT molecular complexity index is 134. The van der Waals surface area contributed by atoms with Crippen molar-refractivity contribution in [3.8, 4) is 0 Å². The number of carbonyl (C=O) groups excluding carboxylic acids is 1. The first-order chi connectivity index (χ1) is 5.72. The summed E-state index contributed by atoms with van der Waals surface area (Å²) in [5.41, 5.74) is 5.40. The fraction of sp³-hybridized carbons (Fsp3) is 0.833. The van der Waals surface area contributed by atoms with E-state index in [0.717, 1.165) is 12.8 Å². The summed E-state index contributed by atoms with van der Waals surface area (Å²) in [6.07, 6.45) is 2.75. The van der Waals surface area contributed by atoms with Gasteiger partial charge in [0.15, 0.2) is 0 Å². The predicted molar refractivity (Wildman–Crippen MR) is 46.5 cm³/mol. The maximum absolute atomic E-state index is 10.8. The molecule has 0 fully saturated rings. The lowest BCUT2D eigenvalue weighted by Gasteiger charge is -2.08. The first kappa shape index (κ1) is 11.5. The minimum absolute atomic E-state index is 0.338. The molecule has 0 aliphatic heterocycles. The monoisotopic (exact) mass is 168 g/mol. The van der Waals surface area contributed by atoms with E-state index in [1.807, 2.05) is 0 Å². The molecule has 65 valence electrons. The highest BCUT2D eigenvalue weighted by molar-refractivity contribution is 6.20. The van der Waals surface area contributed by atoms with Gasteiger partial charge in [-0.2, -0.15) is 0 Å². The van der Waals surface area contributed by atoms with Crippen LogP contribution in [0.15, 0.2) is 0 Å². The third kappa shape index (κ3) is 5.21. The number of unbranched alkanes of at least 4 members (excludes halogenated alkanes) is 1. The molecular formula is C6H12B2NO3. The summed E-state index contributed by atoms with van der Waals surface area (Å²) in [7, 11) is 5.58. The fourth-order valence-electron chi connectivity index (χ4n) is 0.766. The van der Waals surface area contributed by atoms with Crippen molar-refractivity contribution in [2.24, 2.45) is 5.73 Å². The molecule has 0 heterocycles. The van der Waals surface area contributed by atoms with Gasteiger partial charge in [0.1, 0.15) is 6.04 Å². The van der Waals surface area contributed by atoms with Gasteiger partial charge in [0.25, 0.3) is 0 Å². The molecule has 0 aliphatic rings. The van der Waals surface area contributed by atoms with Crippen LogP contribution >= 0.6 is 0 Å². The Kier molecular flexibility index (Phi) is 6.90. The van der Waals surface area contributed by atoms with Crippen molar-refractivity contribution < 1.29 is 14.5 Å². The van der Waals surface area contributed by atoms with E-state index >= 15 is 0 Å². The van der Waals surface area contributed by atoms with Crippen LogP contribution < -0.4 is 5.73 Å². The SMILES string of the molecule is [B]CCCC[C@H](N)C(=O)O[B]O. The van der Waals surface area contributed by atoms with E-state index in [1.165, 1.54) is 0 Å². The minimum atomic E-state index is -0.667. The zero-order valence-corrected chi connectivity index (χ0v) is 6.90. The Labute approximate surface area is 74.2 Å². The van der Waals surface area contributed by atoms with Crippen LogP contribution in [0, 0.1) is 0 Å². The van der Waals surface area contributed by atoms with E-state index < -0.39 is 12.0 Å². The maximum Gasteiger partial charge on any atom is 0.571 e. The quantitative estimate of drug-likeness (QED) is 0.399. The van der Waals surface area contributed by atoms with Gasteiger partial charge in [-0.3, -0.25) is 4.79 Å². The second kappa shape index (κ2) is 7.18. The van der Waals surface area contributed by atoms with Crippen LogP contribution in [-0.4, -0.2) is 32.6 Å². The van der Waals surface area contributed by atoms with Gasteiger partial charge < -0.3 is 15.4 Å². The zero-order valence-electron chi connectivity index (χ0n) is 6.90. The van der Waals surface area contributed by atoms with Crippen LogP contribution in [0.2, 0.25) is 6.32 Å². The van der Waals surface area contributed by atoms with E-state index in [2.05, 4.69) is 4.65 Å². The molecule has 1 atom stereocenters. The second-order valence-electron chi connectivity index (χ2n) is 2.43. The van der Waals surface area contributed by atoms with E-state index in [9.17, 15) is 4.79 Å². The lowest BCUT2D eigenvalue weighted by Crippen LogP contribution is -2.33. The number of nitrogens with two attached hydrogens (primary N) is 1. The Morgan fingerprint density at radius 2 is 2.33 bits per heavy atom. The molecule has 0 aliphatic carbocycles. The number of hydrogen-bond donors (Lipinski definition) is 2. The van der Waals surface area contributed by atoms with Crippen molar-refractivity contribution in [2.75, 3.05) is 0 Å². The summed E-state index contributed by atoms with van der Waals surface area (Å²) in [6.45, 7) is 0. The molecule has 0 unspecified atom stereocenters. The highest BCUT2D eigenvalue weighted by Gasteiger charge is 2.13. The van der Waals surface area contributed by atoms with Crippen LogP contribution in [-0.2, 0) is 9.45 Å². The first-order valence-corrected chi connectivity index (χ1v) is 3.84. The normalized spacial score (nSPS) is 12.2. The van der Waals surface area contributed by atoms with E-state index in [0.29, 0.717) is 20.4 Å². The molecular weight excluding hydrogens is 156 g/mol. The molecule has 0 saturated carbocycles. The van der Waals surface area contributed by atoms with Gasteiger partial charge in [0.2, 0.25) is 0 Å². The molecule has 6 heteroatoms. The minimum Gasteiger partial charge on any atom is -0.510 e. The summed E-state index contributed by atoms with van der Waals surface area (Å²) < 4.78 is 4.17. The Hall–Kier alpha value is -0.480. The molecule has 3 N–H and O–H groups in total. The summed E-state index contributed by atoms with van der Waals surface area (Å²) in [5.74, 6) is -0.616. The molecule has 0 saturated heterocycles. The Morgan fingerprint density at radius 3 is 2.83 bits per heavy atom. The average molecular weight is 168 g/mol. The maximum atomic E-state index is 10.8. The summed E-state index contributed by atoms with van der Waals surface area (Å²) in [5, 5.41) is 8.11. The van der Waals surface area contributed by atoms with Gasteiger partial charge in [0, 0.05) is 0 Å². The molecule has 3 radical (unpaired) electrons. The summed E-state index contributed by atoms with van der Waals surface area (Å²) in [6, 6.07) is -0.667. The topological polar surface area (TPSA) is 72.6 Å². The highest BCUT2D eigenvalue weighted by Crippen LogP contribution is 2.01. The van der Waals surface area contributed by atoms with Gasteiger partial charge in [-0.25, -0.2) is 0 Å². The molecule has 4 nitrogen and oxygen atoms in total. The standard InChI is InChI=1S/C6H12B2NO3/c7-4-2-1-3-5(9)6(10)12-8-11/h5,11H,1-4,9H2/t5-/m0/s1. The van der Waals surface area contributed by atoms with Gasteiger partial charge in [-0.1, -0.05) is 19.2 Å². The van der Waals surface area contributed by atoms with E-state index in [1.54, 1.807) is 0 Å². The number of rotatable bonds is 6. The van der Waals surface area contributed by atoms with Crippen LogP contribution in [0.25, 0.3) is 0 Å². The van der Waals surface area contributed by atoms with Crippen LogP contribution in [0.3, 0.4) is 0 Å². The van der Waals surface area contributed by atoms with Gasteiger partial charge in [-0.05, 0) is 6.42 Å². The van der Waals surface area contributed by atoms with Crippen LogP contribution in [0.4, 0.5) is 0 Å². The number of carbonyl (C=O) groups is 1. The third-order valence-electron chi connectivity index (χ3n) is 1.44. The summed E-state index contributed by atoms with van der Waals surface area (Å²) in [4.78, 5) is 10.8. The van der Waals surface area contributed by atoms with E-state index in [-0.39, 0.29) is 0 Å². The average Bonchev–Trinajstić information content (AvgIpc) is 2.05. The third-order valence-corrected chi connectivity index (χ3v) is 1.44. The Morgan fingerprint density at radius 1 is 1.67 bits per heavy atom. The molecule has 0 bridgehead atoms. The molecule has 0 spiro atoms. The largest absolute Gasteiger partial charge is 0.571 e. The molecule has 0 aromatic heterocycles. The van der Waals surface area contributed by atoms with Crippen molar-refractivity contribution in [3.05, 3.63) is 0 Å². The molecule has 0 aromatic carbocycles. The first-order valence-electron chi connectivity index (χ1n) is 3.84. The predicted octanol–water partition coefficient (Wildman–Crippen LogP) is -0.860. The number of hydrogen-bond acceptors (Lipinski definition) is 4. The lowest BCUT2D eigenvalue weighted by atomic mass is 9.98. The summed E-state index contributed by atoms with van der Waals surface area (Å²) >= 11 is 0. The second-order valence-corrected chi connectivity index (χ2v) is 2.43. The molecule has 0 aromatic rings. The van der Waals surface area contributed by atoms with Gasteiger partial charge >= 0.3 is 13.7 Å². The van der Waals surface area contributed by atoms with Crippen molar-refractivity contribution in [1.82, 2.24) is 0 Å². The molecule has 12 heavy (non-hydrogen) atoms. The molecule has 0 rings (SSSR count). The Balaban J connectivity index is 3.42. The lowest BCUT2D eigenvalue weighted by molar-refractivity contribution is -0.136.